The van der Waals surface area contributed by atoms with Gasteiger partial charge in [-0.1, -0.05) is 15.9 Å². The molecule has 2 aromatic rings. The lowest BCUT2D eigenvalue weighted by molar-refractivity contribution is -0.112. The number of nitrogens with one attached hydrogen (secondary N) is 1. The molecular weight excluding hydrogens is 412 g/mol. The van der Waals surface area contributed by atoms with Gasteiger partial charge in [-0.15, -0.1) is 0 Å². The zero-order valence-electron chi connectivity index (χ0n) is 15.2. The molecule has 0 aliphatic rings. The molecular formula is C20H19BrN2O4. The number of ether oxygens (including phenoxy) is 3. The van der Waals surface area contributed by atoms with Crippen molar-refractivity contribution in [1.29, 1.82) is 5.26 Å². The molecule has 0 aliphatic carbocycles. The number of benzene rings is 2. The summed E-state index contributed by atoms with van der Waals surface area (Å²) in [5.74, 6) is 1.24. The van der Waals surface area contributed by atoms with Crippen molar-refractivity contribution < 1.29 is 19.0 Å². The summed E-state index contributed by atoms with van der Waals surface area (Å²) in [4.78, 5) is 12.4. The molecule has 0 aromatic heterocycles. The Bertz CT molecular complexity index is 886. The predicted molar refractivity (Wildman–Crippen MR) is 107 cm³/mol. The van der Waals surface area contributed by atoms with Crippen LogP contribution in [0.2, 0.25) is 0 Å². The number of rotatable bonds is 7. The fraction of sp³-hybridized carbons (Fsp3) is 0.200. The molecule has 0 unspecified atom stereocenters. The molecule has 0 saturated carbocycles. The fourth-order valence-electron chi connectivity index (χ4n) is 2.28. The number of nitriles is 1. The average Bonchev–Trinajstić information content (AvgIpc) is 2.68. The predicted octanol–water partition coefficient (Wildman–Crippen LogP) is 4.41. The molecule has 7 heteroatoms. The van der Waals surface area contributed by atoms with Crippen molar-refractivity contribution in [2.75, 3.05) is 26.1 Å². The van der Waals surface area contributed by atoms with Crippen LogP contribution in [-0.2, 0) is 4.79 Å². The highest BCUT2D eigenvalue weighted by molar-refractivity contribution is 9.10. The SMILES string of the molecule is CCOc1ccc(NC(=O)C(C#N)=Cc2cc(OC)c(OC)cc2Br)cc1. The Hall–Kier alpha value is -2.98. The van der Waals surface area contributed by atoms with Gasteiger partial charge >= 0.3 is 0 Å². The first kappa shape index (κ1) is 20.3. The second kappa shape index (κ2) is 9.64. The van der Waals surface area contributed by atoms with E-state index in [1.165, 1.54) is 20.3 Å². The van der Waals surface area contributed by atoms with Gasteiger partial charge in [0, 0.05) is 10.2 Å². The molecule has 0 bridgehead atoms. The Morgan fingerprint density at radius 1 is 1.19 bits per heavy atom. The minimum atomic E-state index is -0.511. The molecule has 0 fully saturated rings. The van der Waals surface area contributed by atoms with Crippen molar-refractivity contribution in [3.63, 3.8) is 0 Å². The van der Waals surface area contributed by atoms with Crippen molar-refractivity contribution in [3.05, 3.63) is 52.0 Å². The third-order valence-electron chi connectivity index (χ3n) is 3.59. The largest absolute Gasteiger partial charge is 0.494 e. The molecule has 0 spiro atoms. The van der Waals surface area contributed by atoms with E-state index in [4.69, 9.17) is 14.2 Å². The normalized spacial score (nSPS) is 10.7. The standard InChI is InChI=1S/C20H19BrN2O4/c1-4-27-16-7-5-15(6-8-16)23-20(24)14(12-22)9-13-10-18(25-2)19(26-3)11-17(13)21/h5-11H,4H2,1-3H3,(H,23,24). The highest BCUT2D eigenvalue weighted by atomic mass is 79.9. The zero-order chi connectivity index (χ0) is 19.8. The maximum absolute atomic E-state index is 12.4. The second-order valence-electron chi connectivity index (χ2n) is 5.31. The van der Waals surface area contributed by atoms with Crippen LogP contribution in [0, 0.1) is 11.3 Å². The molecule has 140 valence electrons. The topological polar surface area (TPSA) is 80.6 Å². The molecule has 0 atom stereocenters. The lowest BCUT2D eigenvalue weighted by Gasteiger charge is -2.10. The summed E-state index contributed by atoms with van der Waals surface area (Å²) in [7, 11) is 3.05. The fourth-order valence-corrected chi connectivity index (χ4v) is 2.72. The van der Waals surface area contributed by atoms with Crippen molar-refractivity contribution >= 4 is 33.6 Å². The number of halogens is 1. The van der Waals surface area contributed by atoms with E-state index in [-0.39, 0.29) is 5.57 Å². The number of hydrogen-bond donors (Lipinski definition) is 1. The second-order valence-corrected chi connectivity index (χ2v) is 6.16. The van der Waals surface area contributed by atoms with Crippen LogP contribution in [0.1, 0.15) is 12.5 Å². The maximum atomic E-state index is 12.4. The summed E-state index contributed by atoms with van der Waals surface area (Å²) in [5, 5.41) is 12.1. The van der Waals surface area contributed by atoms with Gasteiger partial charge in [0.1, 0.15) is 17.4 Å². The number of amides is 1. The van der Waals surface area contributed by atoms with E-state index in [2.05, 4.69) is 21.2 Å². The first-order valence-corrected chi connectivity index (χ1v) is 8.89. The lowest BCUT2D eigenvalue weighted by Crippen LogP contribution is -2.13. The molecule has 0 radical (unpaired) electrons. The minimum Gasteiger partial charge on any atom is -0.494 e. The summed E-state index contributed by atoms with van der Waals surface area (Å²) in [6, 6.07) is 12.2. The van der Waals surface area contributed by atoms with Gasteiger partial charge in [0.05, 0.1) is 20.8 Å². The molecule has 0 aliphatic heterocycles. The van der Waals surface area contributed by atoms with E-state index in [0.717, 1.165) is 0 Å². The van der Waals surface area contributed by atoms with Crippen LogP contribution in [0.3, 0.4) is 0 Å². The maximum Gasteiger partial charge on any atom is 0.266 e. The Balaban J connectivity index is 2.25. The zero-order valence-corrected chi connectivity index (χ0v) is 16.8. The third-order valence-corrected chi connectivity index (χ3v) is 4.28. The van der Waals surface area contributed by atoms with Gasteiger partial charge in [-0.2, -0.15) is 5.26 Å². The summed E-state index contributed by atoms with van der Waals surface area (Å²) in [6.45, 7) is 2.46. The van der Waals surface area contributed by atoms with E-state index < -0.39 is 5.91 Å². The monoisotopic (exact) mass is 430 g/mol. The Morgan fingerprint density at radius 2 is 1.81 bits per heavy atom. The van der Waals surface area contributed by atoms with E-state index >= 15 is 0 Å². The first-order chi connectivity index (χ1) is 13.0. The first-order valence-electron chi connectivity index (χ1n) is 8.09. The van der Waals surface area contributed by atoms with Gasteiger partial charge in [-0.3, -0.25) is 4.79 Å². The van der Waals surface area contributed by atoms with Crippen LogP contribution in [0.5, 0.6) is 17.2 Å². The molecule has 2 aromatic carbocycles. The average molecular weight is 431 g/mol. The smallest absolute Gasteiger partial charge is 0.266 e. The van der Waals surface area contributed by atoms with Crippen molar-refractivity contribution in [1.82, 2.24) is 0 Å². The van der Waals surface area contributed by atoms with Crippen molar-refractivity contribution in [2.24, 2.45) is 0 Å². The van der Waals surface area contributed by atoms with Crippen LogP contribution in [0.4, 0.5) is 5.69 Å². The highest BCUT2D eigenvalue weighted by Crippen LogP contribution is 2.34. The number of carbonyl (C=O) groups is 1. The van der Waals surface area contributed by atoms with Gasteiger partial charge in [-0.05, 0) is 55.0 Å². The molecule has 0 saturated heterocycles. The Labute approximate surface area is 166 Å². The van der Waals surface area contributed by atoms with E-state index in [1.807, 2.05) is 13.0 Å². The number of nitrogens with zero attached hydrogens (tertiary/aromatic N) is 1. The Morgan fingerprint density at radius 3 is 2.37 bits per heavy atom. The number of hydrogen-bond acceptors (Lipinski definition) is 5. The van der Waals surface area contributed by atoms with Crippen LogP contribution < -0.4 is 19.5 Å². The number of anilines is 1. The van der Waals surface area contributed by atoms with Crippen LogP contribution in [0.25, 0.3) is 6.08 Å². The highest BCUT2D eigenvalue weighted by Gasteiger charge is 2.13. The summed E-state index contributed by atoms with van der Waals surface area (Å²) >= 11 is 3.41. The van der Waals surface area contributed by atoms with Crippen LogP contribution >= 0.6 is 15.9 Å². The molecule has 1 N–H and O–H groups in total. The van der Waals surface area contributed by atoms with E-state index in [9.17, 15) is 10.1 Å². The van der Waals surface area contributed by atoms with Crippen molar-refractivity contribution in [2.45, 2.75) is 6.92 Å². The molecule has 1 amide bonds. The third kappa shape index (κ3) is 5.25. The number of carbonyl (C=O) groups excluding carboxylic acids is 1. The summed E-state index contributed by atoms with van der Waals surface area (Å²) < 4.78 is 16.5. The molecule has 6 nitrogen and oxygen atoms in total. The van der Waals surface area contributed by atoms with Gasteiger partial charge in [-0.25, -0.2) is 0 Å². The minimum absolute atomic E-state index is 0.0446. The van der Waals surface area contributed by atoms with Crippen LogP contribution in [-0.4, -0.2) is 26.7 Å². The summed E-state index contributed by atoms with van der Waals surface area (Å²) in [5.41, 5.74) is 1.14. The van der Waals surface area contributed by atoms with Gasteiger partial charge in [0.25, 0.3) is 5.91 Å². The van der Waals surface area contributed by atoms with Gasteiger partial charge < -0.3 is 19.5 Å². The Kier molecular flexibility index (Phi) is 7.26. The quantitative estimate of drug-likeness (QED) is 0.519. The molecule has 0 heterocycles. The number of methoxy groups -OCH3 is 2. The van der Waals surface area contributed by atoms with E-state index in [0.29, 0.717) is 39.6 Å². The lowest BCUT2D eigenvalue weighted by atomic mass is 10.1. The van der Waals surface area contributed by atoms with Crippen LogP contribution in [0.15, 0.2) is 46.4 Å². The molecule has 27 heavy (non-hydrogen) atoms. The van der Waals surface area contributed by atoms with Gasteiger partial charge in [0.2, 0.25) is 0 Å². The van der Waals surface area contributed by atoms with E-state index in [1.54, 1.807) is 36.4 Å². The van der Waals surface area contributed by atoms with Gasteiger partial charge in [0.15, 0.2) is 11.5 Å². The molecule has 2 rings (SSSR count). The summed E-state index contributed by atoms with van der Waals surface area (Å²) in [6.07, 6.45) is 1.48. The van der Waals surface area contributed by atoms with Crippen molar-refractivity contribution in [3.8, 4) is 23.3 Å².